The molecular formula is C22H29ClN2O2. The molecule has 1 saturated heterocycles. The van der Waals surface area contributed by atoms with Crippen LogP contribution in [-0.2, 0) is 29.3 Å². The molecule has 1 heterocycles. The van der Waals surface area contributed by atoms with Gasteiger partial charge in [0, 0.05) is 13.0 Å². The van der Waals surface area contributed by atoms with Crippen LogP contribution in [0.5, 0.6) is 0 Å². The maximum absolute atomic E-state index is 12.1. The van der Waals surface area contributed by atoms with Gasteiger partial charge in [0.05, 0.1) is 13.2 Å². The lowest BCUT2D eigenvalue weighted by molar-refractivity contribution is -0.121. The van der Waals surface area contributed by atoms with Crippen LogP contribution in [-0.4, -0.2) is 19.0 Å². The predicted octanol–water partition coefficient (Wildman–Crippen LogP) is 3.83. The van der Waals surface area contributed by atoms with Crippen molar-refractivity contribution in [3.8, 4) is 0 Å². The quantitative estimate of drug-likeness (QED) is 0.686. The van der Waals surface area contributed by atoms with Crippen LogP contribution in [0.25, 0.3) is 0 Å². The first-order chi connectivity index (χ1) is 12.8. The van der Waals surface area contributed by atoms with Gasteiger partial charge in [-0.1, -0.05) is 54.6 Å². The Labute approximate surface area is 168 Å². The first-order valence-electron chi connectivity index (χ1n) is 9.47. The number of benzene rings is 2. The van der Waals surface area contributed by atoms with E-state index in [9.17, 15) is 4.79 Å². The Morgan fingerprint density at radius 3 is 2.52 bits per heavy atom. The van der Waals surface area contributed by atoms with Gasteiger partial charge in [0.2, 0.25) is 5.91 Å². The summed E-state index contributed by atoms with van der Waals surface area (Å²) >= 11 is 0. The lowest BCUT2D eigenvalue weighted by Crippen LogP contribution is -2.24. The highest BCUT2D eigenvalue weighted by molar-refractivity contribution is 5.85. The number of rotatable bonds is 9. The monoisotopic (exact) mass is 388 g/mol. The summed E-state index contributed by atoms with van der Waals surface area (Å²) in [6.07, 6.45) is 2.77. The number of ether oxygens (including phenoxy) is 1. The normalized spacial score (nSPS) is 15.9. The van der Waals surface area contributed by atoms with E-state index in [1.165, 1.54) is 12.0 Å². The first-order valence-corrected chi connectivity index (χ1v) is 9.47. The summed E-state index contributed by atoms with van der Waals surface area (Å²) in [6, 6.07) is 18.3. The molecule has 2 aromatic carbocycles. The van der Waals surface area contributed by atoms with Gasteiger partial charge in [0.25, 0.3) is 0 Å². The molecule has 1 aliphatic rings. The van der Waals surface area contributed by atoms with Crippen molar-refractivity contribution in [2.24, 2.45) is 5.92 Å². The summed E-state index contributed by atoms with van der Waals surface area (Å²) in [5, 5.41) is 6.40. The van der Waals surface area contributed by atoms with Gasteiger partial charge in [-0.3, -0.25) is 4.79 Å². The minimum Gasteiger partial charge on any atom is -0.372 e. The predicted molar refractivity (Wildman–Crippen MR) is 111 cm³/mol. The van der Waals surface area contributed by atoms with E-state index in [2.05, 4.69) is 34.9 Å². The fourth-order valence-electron chi connectivity index (χ4n) is 3.30. The lowest BCUT2D eigenvalue weighted by Gasteiger charge is -2.12. The van der Waals surface area contributed by atoms with Gasteiger partial charge in [-0.05, 0) is 48.5 Å². The summed E-state index contributed by atoms with van der Waals surface area (Å²) in [6.45, 7) is 3.84. The number of halogens is 1. The van der Waals surface area contributed by atoms with E-state index in [4.69, 9.17) is 4.74 Å². The zero-order valence-electron chi connectivity index (χ0n) is 15.7. The molecule has 0 aromatic heterocycles. The van der Waals surface area contributed by atoms with Crippen LogP contribution in [0.3, 0.4) is 0 Å². The van der Waals surface area contributed by atoms with Crippen LogP contribution in [0.4, 0.5) is 0 Å². The first kappa shape index (κ1) is 21.4. The SMILES string of the molecule is Cl.O=C(CCC1CCNC1)NCc1ccccc1COCc1ccccc1. The molecule has 0 radical (unpaired) electrons. The molecule has 1 fully saturated rings. The van der Waals surface area contributed by atoms with Gasteiger partial charge in [-0.15, -0.1) is 12.4 Å². The second-order valence-corrected chi connectivity index (χ2v) is 6.92. The lowest BCUT2D eigenvalue weighted by atomic mass is 10.0. The highest BCUT2D eigenvalue weighted by atomic mass is 35.5. The van der Waals surface area contributed by atoms with Gasteiger partial charge in [0.15, 0.2) is 0 Å². The smallest absolute Gasteiger partial charge is 0.220 e. The van der Waals surface area contributed by atoms with E-state index in [-0.39, 0.29) is 18.3 Å². The van der Waals surface area contributed by atoms with E-state index in [0.717, 1.165) is 30.6 Å². The number of carbonyl (C=O) groups is 1. The molecule has 0 aliphatic carbocycles. The van der Waals surface area contributed by atoms with E-state index in [1.807, 2.05) is 30.3 Å². The Kier molecular flexibility index (Phi) is 9.32. The summed E-state index contributed by atoms with van der Waals surface area (Å²) < 4.78 is 5.85. The minimum atomic E-state index is 0. The average molecular weight is 389 g/mol. The van der Waals surface area contributed by atoms with Crippen molar-refractivity contribution in [3.05, 3.63) is 71.3 Å². The Balaban J connectivity index is 0.00000261. The van der Waals surface area contributed by atoms with Crippen LogP contribution in [0.15, 0.2) is 54.6 Å². The molecule has 0 saturated carbocycles. The second-order valence-electron chi connectivity index (χ2n) is 6.92. The summed E-state index contributed by atoms with van der Waals surface area (Å²) in [5.74, 6) is 0.788. The molecule has 2 aromatic rings. The van der Waals surface area contributed by atoms with Gasteiger partial charge in [-0.2, -0.15) is 0 Å². The highest BCUT2D eigenvalue weighted by Gasteiger charge is 2.15. The second kappa shape index (κ2) is 11.8. The molecule has 1 atom stereocenters. The van der Waals surface area contributed by atoms with Crippen molar-refractivity contribution >= 4 is 18.3 Å². The van der Waals surface area contributed by atoms with Crippen molar-refractivity contribution in [2.75, 3.05) is 13.1 Å². The molecule has 1 unspecified atom stereocenters. The third-order valence-electron chi connectivity index (χ3n) is 4.91. The van der Waals surface area contributed by atoms with Crippen molar-refractivity contribution in [3.63, 3.8) is 0 Å². The fraction of sp³-hybridized carbons (Fsp3) is 0.409. The number of amides is 1. The Morgan fingerprint density at radius 2 is 1.78 bits per heavy atom. The molecule has 0 bridgehead atoms. The number of nitrogens with one attached hydrogen (secondary N) is 2. The maximum atomic E-state index is 12.1. The van der Waals surface area contributed by atoms with Crippen molar-refractivity contribution in [1.29, 1.82) is 0 Å². The largest absolute Gasteiger partial charge is 0.372 e. The summed E-state index contributed by atoms with van der Waals surface area (Å²) in [7, 11) is 0. The standard InChI is InChI=1S/C22H28N2O2.ClH/c25-22(11-10-18-12-13-23-14-18)24-15-20-8-4-5-9-21(20)17-26-16-19-6-2-1-3-7-19;/h1-9,18,23H,10-17H2,(H,24,25);1H. The third kappa shape index (κ3) is 7.33. The van der Waals surface area contributed by atoms with Gasteiger partial charge < -0.3 is 15.4 Å². The number of hydrogen-bond acceptors (Lipinski definition) is 3. The van der Waals surface area contributed by atoms with Crippen molar-refractivity contribution in [1.82, 2.24) is 10.6 Å². The van der Waals surface area contributed by atoms with Crippen molar-refractivity contribution in [2.45, 2.75) is 39.0 Å². The molecule has 3 rings (SSSR count). The molecule has 146 valence electrons. The topological polar surface area (TPSA) is 50.4 Å². The van der Waals surface area contributed by atoms with Crippen LogP contribution >= 0.6 is 12.4 Å². The third-order valence-corrected chi connectivity index (χ3v) is 4.91. The molecule has 1 amide bonds. The Bertz CT molecular complexity index is 688. The van der Waals surface area contributed by atoms with Gasteiger partial charge >= 0.3 is 0 Å². The van der Waals surface area contributed by atoms with Crippen LogP contribution in [0, 0.1) is 5.92 Å². The zero-order valence-corrected chi connectivity index (χ0v) is 16.5. The number of carbonyl (C=O) groups excluding carboxylic acids is 1. The minimum absolute atomic E-state index is 0. The molecule has 4 nitrogen and oxygen atoms in total. The summed E-state index contributed by atoms with van der Waals surface area (Å²) in [4.78, 5) is 12.1. The number of hydrogen-bond donors (Lipinski definition) is 2. The molecule has 2 N–H and O–H groups in total. The van der Waals surface area contributed by atoms with Crippen LogP contribution in [0.1, 0.15) is 36.0 Å². The molecule has 5 heteroatoms. The molecule has 0 spiro atoms. The summed E-state index contributed by atoms with van der Waals surface area (Å²) in [5.41, 5.74) is 3.42. The average Bonchev–Trinajstić information content (AvgIpc) is 3.20. The zero-order chi connectivity index (χ0) is 18.0. The van der Waals surface area contributed by atoms with Gasteiger partial charge in [0.1, 0.15) is 0 Å². The van der Waals surface area contributed by atoms with E-state index in [1.54, 1.807) is 0 Å². The molecule has 27 heavy (non-hydrogen) atoms. The van der Waals surface area contributed by atoms with Crippen LogP contribution in [0.2, 0.25) is 0 Å². The Hall–Kier alpha value is -1.88. The molecule has 1 aliphatic heterocycles. The van der Waals surface area contributed by atoms with Gasteiger partial charge in [-0.25, -0.2) is 0 Å². The Morgan fingerprint density at radius 1 is 1.04 bits per heavy atom. The van der Waals surface area contributed by atoms with E-state index < -0.39 is 0 Å². The maximum Gasteiger partial charge on any atom is 0.220 e. The van der Waals surface area contributed by atoms with Crippen LogP contribution < -0.4 is 10.6 Å². The van der Waals surface area contributed by atoms with E-state index >= 15 is 0 Å². The molecular weight excluding hydrogens is 360 g/mol. The highest BCUT2D eigenvalue weighted by Crippen LogP contribution is 2.15. The fourth-order valence-corrected chi connectivity index (χ4v) is 3.30. The van der Waals surface area contributed by atoms with E-state index in [0.29, 0.717) is 32.1 Å². The van der Waals surface area contributed by atoms with Crippen molar-refractivity contribution < 1.29 is 9.53 Å².